The molecule has 1 aliphatic rings. The molecule has 0 bridgehead atoms. The molecule has 1 atom stereocenters. The molecule has 4 rings (SSSR count). The number of aliphatic hydroxyl groups excluding tert-OH is 1. The number of hydrogen-bond donors (Lipinski definition) is 1. The van der Waals surface area contributed by atoms with Crippen LogP contribution < -0.4 is 9.64 Å². The molecule has 0 saturated carbocycles. The second-order valence-electron chi connectivity index (χ2n) is 7.30. The van der Waals surface area contributed by atoms with E-state index in [1.54, 1.807) is 7.11 Å². The van der Waals surface area contributed by atoms with E-state index in [1.165, 1.54) is 5.56 Å². The van der Waals surface area contributed by atoms with Crippen LogP contribution in [0.25, 0.3) is 10.9 Å². The molecule has 1 saturated heterocycles. The Morgan fingerprint density at radius 2 is 1.96 bits per heavy atom. The molecule has 1 aliphatic heterocycles. The number of aromatic nitrogens is 1. The first-order chi connectivity index (χ1) is 13.8. The standard InChI is InChI=1S/C23H27N3O2/c1-28-21-7-4-5-18(15-21)16-25-12-13-26(17-20(25)11-14-27)23-10-9-19-6-2-3-8-22(19)24-23/h2-10,15,20,27H,11-14,16-17H2,1H3. The molecule has 1 unspecified atom stereocenters. The summed E-state index contributed by atoms with van der Waals surface area (Å²) in [7, 11) is 1.70. The molecule has 1 fully saturated rings. The van der Waals surface area contributed by atoms with Gasteiger partial charge in [-0.3, -0.25) is 4.90 Å². The lowest BCUT2D eigenvalue weighted by Crippen LogP contribution is -2.53. The molecule has 3 aromatic rings. The number of methoxy groups -OCH3 is 1. The van der Waals surface area contributed by atoms with Gasteiger partial charge in [0.15, 0.2) is 0 Å². The number of anilines is 1. The summed E-state index contributed by atoms with van der Waals surface area (Å²) in [4.78, 5) is 9.66. The molecule has 146 valence electrons. The Morgan fingerprint density at radius 1 is 1.07 bits per heavy atom. The second-order valence-corrected chi connectivity index (χ2v) is 7.30. The van der Waals surface area contributed by atoms with Gasteiger partial charge in [-0.1, -0.05) is 30.3 Å². The summed E-state index contributed by atoms with van der Waals surface area (Å²) in [6.45, 7) is 3.79. The fraction of sp³-hybridized carbons (Fsp3) is 0.348. The fourth-order valence-electron chi connectivity index (χ4n) is 3.97. The minimum absolute atomic E-state index is 0.193. The summed E-state index contributed by atoms with van der Waals surface area (Å²) in [6, 6.07) is 21.0. The first-order valence-corrected chi connectivity index (χ1v) is 9.85. The van der Waals surface area contributed by atoms with Crippen molar-refractivity contribution >= 4 is 16.7 Å². The predicted molar refractivity (Wildman–Crippen MR) is 113 cm³/mol. The van der Waals surface area contributed by atoms with E-state index in [1.807, 2.05) is 24.3 Å². The van der Waals surface area contributed by atoms with Gasteiger partial charge < -0.3 is 14.7 Å². The van der Waals surface area contributed by atoms with Crippen molar-refractivity contribution in [3.05, 3.63) is 66.2 Å². The molecule has 2 heterocycles. The normalized spacial score (nSPS) is 17.8. The van der Waals surface area contributed by atoms with E-state index in [9.17, 15) is 5.11 Å². The third-order valence-electron chi connectivity index (χ3n) is 5.49. The molecule has 0 amide bonds. The van der Waals surface area contributed by atoms with Gasteiger partial charge in [-0.25, -0.2) is 4.98 Å². The molecule has 5 nitrogen and oxygen atoms in total. The molecule has 28 heavy (non-hydrogen) atoms. The van der Waals surface area contributed by atoms with Crippen molar-refractivity contribution < 1.29 is 9.84 Å². The van der Waals surface area contributed by atoms with E-state index in [2.05, 4.69) is 46.2 Å². The SMILES string of the molecule is COc1cccc(CN2CCN(c3ccc4ccccc4n3)CC2CCO)c1. The average molecular weight is 377 g/mol. The molecule has 5 heteroatoms. The van der Waals surface area contributed by atoms with Crippen LogP contribution in [0.4, 0.5) is 5.82 Å². The van der Waals surface area contributed by atoms with Crippen LogP contribution in [0.15, 0.2) is 60.7 Å². The largest absolute Gasteiger partial charge is 0.497 e. The number of pyridine rings is 1. The average Bonchev–Trinajstić information content (AvgIpc) is 2.75. The monoisotopic (exact) mass is 377 g/mol. The molecular formula is C23H27N3O2. The summed E-state index contributed by atoms with van der Waals surface area (Å²) < 4.78 is 5.35. The summed E-state index contributed by atoms with van der Waals surface area (Å²) in [5.41, 5.74) is 2.26. The third kappa shape index (κ3) is 4.11. The number of aliphatic hydroxyl groups is 1. The number of nitrogens with zero attached hydrogens (tertiary/aromatic N) is 3. The number of hydrogen-bond acceptors (Lipinski definition) is 5. The molecular weight excluding hydrogens is 350 g/mol. The number of rotatable bonds is 6. The Kier molecular flexibility index (Phi) is 5.74. The maximum atomic E-state index is 9.60. The number of piperazine rings is 1. The smallest absolute Gasteiger partial charge is 0.129 e. The maximum Gasteiger partial charge on any atom is 0.129 e. The third-order valence-corrected chi connectivity index (χ3v) is 5.49. The van der Waals surface area contributed by atoms with Crippen molar-refractivity contribution in [1.82, 2.24) is 9.88 Å². The Bertz CT molecular complexity index is 930. The topological polar surface area (TPSA) is 48.8 Å². The van der Waals surface area contributed by atoms with Gasteiger partial charge >= 0.3 is 0 Å². The zero-order valence-corrected chi connectivity index (χ0v) is 16.3. The first kappa shape index (κ1) is 18.7. The highest BCUT2D eigenvalue weighted by molar-refractivity contribution is 5.80. The molecule has 0 aliphatic carbocycles. The number of ether oxygens (including phenoxy) is 1. The summed E-state index contributed by atoms with van der Waals surface area (Å²) >= 11 is 0. The van der Waals surface area contributed by atoms with Crippen molar-refractivity contribution in [1.29, 1.82) is 0 Å². The molecule has 0 radical (unpaired) electrons. The Morgan fingerprint density at radius 3 is 2.82 bits per heavy atom. The first-order valence-electron chi connectivity index (χ1n) is 9.85. The Balaban J connectivity index is 1.50. The van der Waals surface area contributed by atoms with Crippen LogP contribution >= 0.6 is 0 Å². The highest BCUT2D eigenvalue weighted by Crippen LogP contribution is 2.24. The van der Waals surface area contributed by atoms with Gasteiger partial charge in [0.25, 0.3) is 0 Å². The van der Waals surface area contributed by atoms with Gasteiger partial charge in [0, 0.05) is 44.2 Å². The van der Waals surface area contributed by atoms with Gasteiger partial charge in [0.1, 0.15) is 11.6 Å². The Labute approximate surface area is 166 Å². The lowest BCUT2D eigenvalue weighted by atomic mass is 10.1. The minimum atomic E-state index is 0.193. The predicted octanol–water partition coefficient (Wildman–Crippen LogP) is 3.32. The second kappa shape index (κ2) is 8.59. The lowest BCUT2D eigenvalue weighted by molar-refractivity contribution is 0.135. The zero-order valence-electron chi connectivity index (χ0n) is 16.3. The van der Waals surface area contributed by atoms with Crippen molar-refractivity contribution in [3.8, 4) is 5.75 Å². The zero-order chi connectivity index (χ0) is 19.3. The van der Waals surface area contributed by atoms with Crippen molar-refractivity contribution in [2.45, 2.75) is 19.0 Å². The van der Waals surface area contributed by atoms with Crippen molar-refractivity contribution in [2.75, 3.05) is 38.3 Å². The number of benzene rings is 2. The number of para-hydroxylation sites is 1. The van der Waals surface area contributed by atoms with Crippen molar-refractivity contribution in [3.63, 3.8) is 0 Å². The van der Waals surface area contributed by atoms with Gasteiger partial charge in [-0.2, -0.15) is 0 Å². The van der Waals surface area contributed by atoms with Crippen LogP contribution in [-0.4, -0.2) is 54.4 Å². The molecule has 1 N–H and O–H groups in total. The highest BCUT2D eigenvalue weighted by atomic mass is 16.5. The summed E-state index contributed by atoms with van der Waals surface area (Å²) in [5.74, 6) is 1.90. The van der Waals surface area contributed by atoms with Gasteiger partial charge in [-0.15, -0.1) is 0 Å². The van der Waals surface area contributed by atoms with E-state index in [4.69, 9.17) is 9.72 Å². The van der Waals surface area contributed by atoms with Crippen LogP contribution in [0.3, 0.4) is 0 Å². The number of fused-ring (bicyclic) bond motifs is 1. The highest BCUT2D eigenvalue weighted by Gasteiger charge is 2.27. The van der Waals surface area contributed by atoms with E-state index < -0.39 is 0 Å². The summed E-state index contributed by atoms with van der Waals surface area (Å²) in [5, 5.41) is 10.8. The Hall–Kier alpha value is -2.63. The van der Waals surface area contributed by atoms with Gasteiger partial charge in [-0.05, 0) is 42.3 Å². The fourth-order valence-corrected chi connectivity index (χ4v) is 3.97. The molecule has 1 aromatic heterocycles. The quantitative estimate of drug-likeness (QED) is 0.714. The van der Waals surface area contributed by atoms with Gasteiger partial charge in [0.2, 0.25) is 0 Å². The van der Waals surface area contributed by atoms with Crippen LogP contribution in [0.5, 0.6) is 5.75 Å². The van der Waals surface area contributed by atoms with Gasteiger partial charge in [0.05, 0.1) is 12.6 Å². The minimum Gasteiger partial charge on any atom is -0.497 e. The summed E-state index contributed by atoms with van der Waals surface area (Å²) in [6.07, 6.45) is 0.758. The molecule has 2 aromatic carbocycles. The van der Waals surface area contributed by atoms with E-state index in [-0.39, 0.29) is 6.61 Å². The van der Waals surface area contributed by atoms with Crippen LogP contribution in [-0.2, 0) is 6.54 Å². The van der Waals surface area contributed by atoms with E-state index in [0.29, 0.717) is 6.04 Å². The van der Waals surface area contributed by atoms with Crippen LogP contribution in [0, 0.1) is 0 Å². The van der Waals surface area contributed by atoms with Crippen LogP contribution in [0.2, 0.25) is 0 Å². The van der Waals surface area contributed by atoms with Crippen molar-refractivity contribution in [2.24, 2.45) is 0 Å². The van der Waals surface area contributed by atoms with Crippen LogP contribution in [0.1, 0.15) is 12.0 Å². The maximum absolute atomic E-state index is 9.60. The lowest BCUT2D eigenvalue weighted by Gasteiger charge is -2.42. The van der Waals surface area contributed by atoms with E-state index in [0.717, 1.165) is 55.1 Å². The molecule has 0 spiro atoms. The van der Waals surface area contributed by atoms with E-state index >= 15 is 0 Å².